The van der Waals surface area contributed by atoms with Gasteiger partial charge >= 0.3 is 5.97 Å². The highest BCUT2D eigenvalue weighted by Gasteiger charge is 2.42. The third-order valence-corrected chi connectivity index (χ3v) is 4.39. The van der Waals surface area contributed by atoms with Gasteiger partial charge in [-0.2, -0.15) is 0 Å². The molecular weight excluding hydrogens is 238 g/mol. The van der Waals surface area contributed by atoms with Crippen LogP contribution in [0, 0.1) is 0 Å². The number of carbonyl (C=O) groups is 1. The second kappa shape index (κ2) is 5.64. The highest BCUT2D eigenvalue weighted by Crippen LogP contribution is 2.42. The summed E-state index contributed by atoms with van der Waals surface area (Å²) in [5.41, 5.74) is 1.46. The number of anilines is 1. The molecule has 1 aromatic carbocycles. The molecule has 1 N–H and O–H groups in total. The normalized spacial score (nSPS) is 17.4. The van der Waals surface area contributed by atoms with Gasteiger partial charge in [-0.1, -0.05) is 25.0 Å². The molecule has 1 aliphatic rings. The van der Waals surface area contributed by atoms with Crippen LogP contribution in [-0.4, -0.2) is 24.2 Å². The molecule has 3 heteroatoms. The number of carboxylic acid groups (broad SMARTS) is 1. The van der Waals surface area contributed by atoms with Gasteiger partial charge in [-0.3, -0.25) is 4.79 Å². The van der Waals surface area contributed by atoms with Crippen molar-refractivity contribution in [3.63, 3.8) is 0 Å². The van der Waals surface area contributed by atoms with Crippen molar-refractivity contribution in [2.45, 2.75) is 44.9 Å². The number of nitrogens with zero attached hydrogens (tertiary/aromatic N) is 1. The number of hydrogen-bond acceptors (Lipinski definition) is 2. The van der Waals surface area contributed by atoms with Gasteiger partial charge in [0.1, 0.15) is 0 Å². The van der Waals surface area contributed by atoms with Crippen LogP contribution in [0.5, 0.6) is 0 Å². The van der Waals surface area contributed by atoms with Crippen molar-refractivity contribution in [3.8, 4) is 0 Å². The molecule has 0 unspecified atom stereocenters. The van der Waals surface area contributed by atoms with Crippen molar-refractivity contribution in [1.82, 2.24) is 0 Å². The SMILES string of the molecule is CCN(CC)c1cccc(C2(C(=O)O)CCCC2)c1. The molecule has 19 heavy (non-hydrogen) atoms. The minimum atomic E-state index is -0.665. The number of benzene rings is 1. The first-order chi connectivity index (χ1) is 9.14. The summed E-state index contributed by atoms with van der Waals surface area (Å²) < 4.78 is 0. The molecule has 0 saturated heterocycles. The molecule has 0 amide bonds. The topological polar surface area (TPSA) is 40.5 Å². The van der Waals surface area contributed by atoms with Gasteiger partial charge in [-0.15, -0.1) is 0 Å². The predicted octanol–water partition coefficient (Wildman–Crippen LogP) is 3.43. The summed E-state index contributed by atoms with van der Waals surface area (Å²) in [4.78, 5) is 14.0. The Kier molecular flexibility index (Phi) is 4.13. The van der Waals surface area contributed by atoms with E-state index < -0.39 is 11.4 Å². The Hall–Kier alpha value is -1.51. The monoisotopic (exact) mass is 261 g/mol. The molecule has 104 valence electrons. The maximum atomic E-state index is 11.7. The Morgan fingerprint density at radius 1 is 1.26 bits per heavy atom. The zero-order chi connectivity index (χ0) is 13.9. The van der Waals surface area contributed by atoms with Crippen molar-refractivity contribution in [1.29, 1.82) is 0 Å². The number of aliphatic carboxylic acids is 1. The first-order valence-corrected chi connectivity index (χ1v) is 7.23. The van der Waals surface area contributed by atoms with Crippen LogP contribution in [0.2, 0.25) is 0 Å². The molecule has 0 aromatic heterocycles. The lowest BCUT2D eigenvalue weighted by molar-refractivity contribution is -0.143. The fourth-order valence-electron chi connectivity index (χ4n) is 3.19. The lowest BCUT2D eigenvalue weighted by Gasteiger charge is -2.27. The maximum absolute atomic E-state index is 11.7. The number of hydrogen-bond donors (Lipinski definition) is 1. The second-order valence-corrected chi connectivity index (χ2v) is 5.32. The van der Waals surface area contributed by atoms with Gasteiger partial charge in [0.25, 0.3) is 0 Å². The lowest BCUT2D eigenvalue weighted by Crippen LogP contribution is -2.33. The van der Waals surface area contributed by atoms with E-state index in [1.54, 1.807) is 0 Å². The van der Waals surface area contributed by atoms with Crippen molar-refractivity contribution in [2.75, 3.05) is 18.0 Å². The molecule has 2 rings (SSSR count). The molecule has 0 atom stereocenters. The van der Waals surface area contributed by atoms with E-state index >= 15 is 0 Å². The zero-order valence-electron chi connectivity index (χ0n) is 11.9. The van der Waals surface area contributed by atoms with Crippen LogP contribution in [0.15, 0.2) is 24.3 Å². The Labute approximate surface area is 115 Å². The van der Waals surface area contributed by atoms with Gasteiger partial charge in [0.2, 0.25) is 0 Å². The molecule has 1 aliphatic carbocycles. The molecule has 1 saturated carbocycles. The Morgan fingerprint density at radius 3 is 2.42 bits per heavy atom. The van der Waals surface area contributed by atoms with Crippen molar-refractivity contribution in [2.24, 2.45) is 0 Å². The summed E-state index contributed by atoms with van der Waals surface area (Å²) in [6.45, 7) is 6.14. The number of carboxylic acids is 1. The number of rotatable bonds is 5. The van der Waals surface area contributed by atoms with E-state index in [1.165, 1.54) is 0 Å². The van der Waals surface area contributed by atoms with Crippen molar-refractivity contribution >= 4 is 11.7 Å². The minimum Gasteiger partial charge on any atom is -0.481 e. The fourth-order valence-corrected chi connectivity index (χ4v) is 3.19. The molecular formula is C16H23NO2. The fraction of sp³-hybridized carbons (Fsp3) is 0.562. The molecule has 1 fully saturated rings. The Bertz CT molecular complexity index is 446. The predicted molar refractivity (Wildman–Crippen MR) is 77.8 cm³/mol. The highest BCUT2D eigenvalue weighted by atomic mass is 16.4. The third-order valence-electron chi connectivity index (χ3n) is 4.39. The van der Waals surface area contributed by atoms with Gasteiger partial charge < -0.3 is 10.0 Å². The van der Waals surface area contributed by atoms with E-state index in [2.05, 4.69) is 30.9 Å². The molecule has 0 radical (unpaired) electrons. The van der Waals surface area contributed by atoms with E-state index in [0.717, 1.165) is 50.0 Å². The molecule has 0 bridgehead atoms. The molecule has 1 aromatic rings. The third kappa shape index (κ3) is 2.46. The maximum Gasteiger partial charge on any atom is 0.314 e. The average Bonchev–Trinajstić information content (AvgIpc) is 2.91. The van der Waals surface area contributed by atoms with E-state index in [-0.39, 0.29) is 0 Å². The first-order valence-electron chi connectivity index (χ1n) is 7.23. The van der Waals surface area contributed by atoms with E-state index in [9.17, 15) is 9.90 Å². The second-order valence-electron chi connectivity index (χ2n) is 5.32. The zero-order valence-corrected chi connectivity index (χ0v) is 11.9. The van der Waals surface area contributed by atoms with Gasteiger partial charge in [-0.05, 0) is 44.4 Å². The van der Waals surface area contributed by atoms with Crippen LogP contribution in [-0.2, 0) is 10.2 Å². The highest BCUT2D eigenvalue weighted by molar-refractivity contribution is 5.82. The van der Waals surface area contributed by atoms with E-state index in [0.29, 0.717) is 0 Å². The molecule has 3 nitrogen and oxygen atoms in total. The van der Waals surface area contributed by atoms with Crippen molar-refractivity contribution < 1.29 is 9.90 Å². The first kappa shape index (κ1) is 13.9. The van der Waals surface area contributed by atoms with Crippen LogP contribution in [0.3, 0.4) is 0 Å². The quantitative estimate of drug-likeness (QED) is 0.882. The summed E-state index contributed by atoms with van der Waals surface area (Å²) >= 11 is 0. The lowest BCUT2D eigenvalue weighted by atomic mass is 9.79. The van der Waals surface area contributed by atoms with E-state index in [4.69, 9.17) is 0 Å². The van der Waals surface area contributed by atoms with Crippen LogP contribution >= 0.6 is 0 Å². The molecule has 0 aliphatic heterocycles. The summed E-state index contributed by atoms with van der Waals surface area (Å²) in [6.07, 6.45) is 3.57. The van der Waals surface area contributed by atoms with Gasteiger partial charge in [0.05, 0.1) is 5.41 Å². The average molecular weight is 261 g/mol. The summed E-state index contributed by atoms with van der Waals surface area (Å²) in [5.74, 6) is -0.665. The summed E-state index contributed by atoms with van der Waals surface area (Å²) in [7, 11) is 0. The molecule has 0 spiro atoms. The van der Waals surface area contributed by atoms with E-state index in [1.807, 2.05) is 12.1 Å². The summed E-state index contributed by atoms with van der Waals surface area (Å²) in [5, 5.41) is 9.65. The van der Waals surface area contributed by atoms with Crippen LogP contribution in [0.4, 0.5) is 5.69 Å². The van der Waals surface area contributed by atoms with Gasteiger partial charge in [0.15, 0.2) is 0 Å². The van der Waals surface area contributed by atoms with Gasteiger partial charge in [-0.25, -0.2) is 0 Å². The molecule has 0 heterocycles. The largest absolute Gasteiger partial charge is 0.481 e. The Balaban J connectivity index is 2.39. The van der Waals surface area contributed by atoms with Crippen molar-refractivity contribution in [3.05, 3.63) is 29.8 Å². The smallest absolute Gasteiger partial charge is 0.314 e. The Morgan fingerprint density at radius 2 is 1.89 bits per heavy atom. The van der Waals surface area contributed by atoms with Crippen LogP contribution in [0.25, 0.3) is 0 Å². The van der Waals surface area contributed by atoms with Gasteiger partial charge in [0, 0.05) is 18.8 Å². The van der Waals surface area contributed by atoms with Crippen LogP contribution in [0.1, 0.15) is 45.1 Å². The summed E-state index contributed by atoms with van der Waals surface area (Å²) in [6, 6.07) is 8.12. The minimum absolute atomic E-state index is 0.650. The standard InChI is InChI=1S/C16H23NO2/c1-3-17(4-2)14-9-7-8-13(12-14)16(15(18)19)10-5-6-11-16/h7-9,12H,3-6,10-11H2,1-2H3,(H,18,19). The van der Waals surface area contributed by atoms with Crippen LogP contribution < -0.4 is 4.90 Å².